The average molecular weight is 194 g/mol. The third kappa shape index (κ3) is 2.66. The highest BCUT2D eigenvalue weighted by molar-refractivity contribution is 5.40. The fraction of sp³-hybridized carbons (Fsp3) is 0.500. The number of aromatic hydroxyl groups is 2. The van der Waals surface area contributed by atoms with Gasteiger partial charge in [-0.15, -0.1) is 0 Å². The zero-order chi connectivity index (χ0) is 10.6. The number of unbranched alkanes of at least 4 members (excludes halogenated alkanes) is 1. The van der Waals surface area contributed by atoms with E-state index in [1.54, 1.807) is 12.1 Å². The van der Waals surface area contributed by atoms with E-state index in [4.69, 9.17) is 5.11 Å². The first-order valence-corrected chi connectivity index (χ1v) is 5.17. The Hall–Kier alpha value is -1.18. The molecule has 0 aliphatic heterocycles. The van der Waals surface area contributed by atoms with Gasteiger partial charge in [-0.05, 0) is 24.0 Å². The van der Waals surface area contributed by atoms with E-state index in [0.29, 0.717) is 5.92 Å². The molecule has 0 amide bonds. The summed E-state index contributed by atoms with van der Waals surface area (Å²) in [7, 11) is 0. The topological polar surface area (TPSA) is 40.5 Å². The van der Waals surface area contributed by atoms with Gasteiger partial charge < -0.3 is 10.2 Å². The minimum absolute atomic E-state index is 0.119. The molecule has 2 nitrogen and oxygen atoms in total. The zero-order valence-corrected chi connectivity index (χ0v) is 8.83. The van der Waals surface area contributed by atoms with Crippen molar-refractivity contribution < 1.29 is 10.2 Å². The molecule has 1 unspecified atom stereocenters. The largest absolute Gasteiger partial charge is 0.508 e. The smallest absolute Gasteiger partial charge is 0.122 e. The third-order valence-corrected chi connectivity index (χ3v) is 2.54. The molecular formula is C12H18O2. The lowest BCUT2D eigenvalue weighted by molar-refractivity contribution is 0.440. The Bertz CT molecular complexity index is 294. The number of phenolic OH excluding ortho intramolecular Hbond substituents is 2. The summed E-state index contributed by atoms with van der Waals surface area (Å²) < 4.78 is 0. The van der Waals surface area contributed by atoms with Gasteiger partial charge in [0.05, 0.1) is 0 Å². The van der Waals surface area contributed by atoms with Crippen LogP contribution in [0.25, 0.3) is 0 Å². The zero-order valence-electron chi connectivity index (χ0n) is 8.83. The van der Waals surface area contributed by atoms with Crippen molar-refractivity contribution >= 4 is 0 Å². The van der Waals surface area contributed by atoms with Crippen molar-refractivity contribution in [2.45, 2.75) is 39.0 Å². The van der Waals surface area contributed by atoms with Crippen LogP contribution in [0.15, 0.2) is 18.2 Å². The highest BCUT2D eigenvalue weighted by Crippen LogP contribution is 2.31. The first-order chi connectivity index (χ1) is 6.65. The van der Waals surface area contributed by atoms with Gasteiger partial charge in [0.1, 0.15) is 11.5 Å². The molecule has 0 aliphatic carbocycles. The minimum Gasteiger partial charge on any atom is -0.508 e. The average Bonchev–Trinajstić information content (AvgIpc) is 2.14. The molecule has 1 aromatic rings. The lowest BCUT2D eigenvalue weighted by Gasteiger charge is -2.12. The van der Waals surface area contributed by atoms with Crippen LogP contribution in [0.4, 0.5) is 0 Å². The predicted molar refractivity (Wildman–Crippen MR) is 57.7 cm³/mol. The predicted octanol–water partition coefficient (Wildman–Crippen LogP) is 3.39. The van der Waals surface area contributed by atoms with Gasteiger partial charge in [0.2, 0.25) is 0 Å². The second kappa shape index (κ2) is 4.89. The normalized spacial score (nSPS) is 12.7. The molecular weight excluding hydrogens is 176 g/mol. The van der Waals surface area contributed by atoms with Crippen molar-refractivity contribution in [1.82, 2.24) is 0 Å². The molecule has 1 rings (SSSR count). The molecule has 0 aromatic heterocycles. The van der Waals surface area contributed by atoms with E-state index in [9.17, 15) is 5.11 Å². The van der Waals surface area contributed by atoms with Crippen LogP contribution in [-0.4, -0.2) is 10.2 Å². The molecule has 78 valence electrons. The van der Waals surface area contributed by atoms with Gasteiger partial charge in [-0.1, -0.05) is 32.8 Å². The molecule has 0 saturated heterocycles. The molecule has 0 saturated carbocycles. The van der Waals surface area contributed by atoms with E-state index in [2.05, 4.69) is 13.8 Å². The summed E-state index contributed by atoms with van der Waals surface area (Å²) in [6, 6.07) is 4.82. The summed E-state index contributed by atoms with van der Waals surface area (Å²) in [5, 5.41) is 18.7. The summed E-state index contributed by atoms with van der Waals surface area (Å²) in [6.45, 7) is 4.26. The van der Waals surface area contributed by atoms with Crippen molar-refractivity contribution in [2.75, 3.05) is 0 Å². The number of benzene rings is 1. The van der Waals surface area contributed by atoms with Crippen LogP contribution in [0.3, 0.4) is 0 Å². The molecule has 1 aromatic carbocycles. The van der Waals surface area contributed by atoms with Crippen molar-refractivity contribution in [2.24, 2.45) is 0 Å². The van der Waals surface area contributed by atoms with Crippen molar-refractivity contribution in [3.63, 3.8) is 0 Å². The second-order valence-electron chi connectivity index (χ2n) is 3.79. The number of hydrogen-bond donors (Lipinski definition) is 2. The maximum absolute atomic E-state index is 9.60. The van der Waals surface area contributed by atoms with E-state index >= 15 is 0 Å². The van der Waals surface area contributed by atoms with E-state index in [1.165, 1.54) is 18.9 Å². The van der Waals surface area contributed by atoms with Gasteiger partial charge in [-0.2, -0.15) is 0 Å². The minimum atomic E-state index is 0.119. The first kappa shape index (κ1) is 10.9. The molecule has 0 radical (unpaired) electrons. The standard InChI is InChI=1S/C12H18O2/c1-3-4-5-9(2)11-7-6-10(13)8-12(11)14/h6-9,13-14H,3-5H2,1-2H3. The Labute approximate surface area is 85.2 Å². The molecule has 14 heavy (non-hydrogen) atoms. The Morgan fingerprint density at radius 3 is 2.57 bits per heavy atom. The maximum atomic E-state index is 9.60. The van der Waals surface area contributed by atoms with Crippen molar-refractivity contribution in [3.05, 3.63) is 23.8 Å². The number of rotatable bonds is 4. The van der Waals surface area contributed by atoms with Crippen LogP contribution in [-0.2, 0) is 0 Å². The number of phenols is 2. The quantitative estimate of drug-likeness (QED) is 0.771. The molecule has 0 aliphatic rings. The summed E-state index contributed by atoms with van der Waals surface area (Å²) in [5.74, 6) is 0.679. The van der Waals surface area contributed by atoms with E-state index in [-0.39, 0.29) is 11.5 Å². The summed E-state index contributed by atoms with van der Waals surface area (Å²) in [5.41, 5.74) is 0.927. The van der Waals surface area contributed by atoms with Crippen LogP contribution in [0.2, 0.25) is 0 Å². The highest BCUT2D eigenvalue weighted by Gasteiger charge is 2.09. The second-order valence-corrected chi connectivity index (χ2v) is 3.79. The fourth-order valence-electron chi connectivity index (χ4n) is 1.61. The SMILES string of the molecule is CCCCC(C)c1ccc(O)cc1O. The Morgan fingerprint density at radius 1 is 1.29 bits per heavy atom. The molecule has 0 heterocycles. The third-order valence-electron chi connectivity index (χ3n) is 2.54. The molecule has 0 bridgehead atoms. The van der Waals surface area contributed by atoms with Gasteiger partial charge in [-0.3, -0.25) is 0 Å². The van der Waals surface area contributed by atoms with Gasteiger partial charge >= 0.3 is 0 Å². The molecule has 2 N–H and O–H groups in total. The fourth-order valence-corrected chi connectivity index (χ4v) is 1.61. The summed E-state index contributed by atoms with van der Waals surface area (Å²) in [4.78, 5) is 0. The van der Waals surface area contributed by atoms with E-state index in [1.807, 2.05) is 0 Å². The Balaban J connectivity index is 2.74. The first-order valence-electron chi connectivity index (χ1n) is 5.17. The monoisotopic (exact) mass is 194 g/mol. The van der Waals surface area contributed by atoms with Crippen molar-refractivity contribution in [1.29, 1.82) is 0 Å². The lowest BCUT2D eigenvalue weighted by Crippen LogP contribution is -1.93. The van der Waals surface area contributed by atoms with Crippen LogP contribution in [0.1, 0.15) is 44.6 Å². The Morgan fingerprint density at radius 2 is 2.00 bits per heavy atom. The van der Waals surface area contributed by atoms with Gasteiger partial charge in [0, 0.05) is 6.07 Å². The Kier molecular flexibility index (Phi) is 3.81. The van der Waals surface area contributed by atoms with Gasteiger partial charge in [0.15, 0.2) is 0 Å². The highest BCUT2D eigenvalue weighted by atomic mass is 16.3. The van der Waals surface area contributed by atoms with Crippen LogP contribution >= 0.6 is 0 Å². The van der Waals surface area contributed by atoms with Crippen molar-refractivity contribution in [3.8, 4) is 11.5 Å². The summed E-state index contributed by atoms with van der Waals surface area (Å²) in [6.07, 6.45) is 3.42. The van der Waals surface area contributed by atoms with Crippen LogP contribution < -0.4 is 0 Å². The van der Waals surface area contributed by atoms with Crippen LogP contribution in [0.5, 0.6) is 11.5 Å². The van der Waals surface area contributed by atoms with Crippen LogP contribution in [0, 0.1) is 0 Å². The van der Waals surface area contributed by atoms with E-state index in [0.717, 1.165) is 12.0 Å². The molecule has 1 atom stereocenters. The van der Waals surface area contributed by atoms with Gasteiger partial charge in [-0.25, -0.2) is 0 Å². The maximum Gasteiger partial charge on any atom is 0.122 e. The lowest BCUT2D eigenvalue weighted by atomic mass is 9.95. The molecule has 0 spiro atoms. The van der Waals surface area contributed by atoms with Gasteiger partial charge in [0.25, 0.3) is 0 Å². The molecule has 2 heteroatoms. The number of hydrogen-bond acceptors (Lipinski definition) is 2. The molecule has 0 fully saturated rings. The van der Waals surface area contributed by atoms with E-state index < -0.39 is 0 Å². The summed E-state index contributed by atoms with van der Waals surface area (Å²) >= 11 is 0.